The molecule has 0 saturated carbocycles. The van der Waals surface area contributed by atoms with Crippen molar-refractivity contribution < 1.29 is 14.2 Å². The molecule has 0 bridgehead atoms. The van der Waals surface area contributed by atoms with Crippen LogP contribution in [0.2, 0.25) is 0 Å². The molecule has 1 fully saturated rings. The van der Waals surface area contributed by atoms with Crippen molar-refractivity contribution in [3.8, 4) is 0 Å². The van der Waals surface area contributed by atoms with Gasteiger partial charge in [-0.05, 0) is 19.8 Å². The Morgan fingerprint density at radius 1 is 1.00 bits per heavy atom. The van der Waals surface area contributed by atoms with E-state index in [1.165, 1.54) is 6.42 Å². The molecule has 0 spiro atoms. The van der Waals surface area contributed by atoms with Gasteiger partial charge in [0.05, 0.1) is 33.0 Å². The second-order valence-electron chi connectivity index (χ2n) is 6.07. The first-order valence-corrected chi connectivity index (χ1v) is 9.84. The van der Waals surface area contributed by atoms with Crippen LogP contribution in [0.25, 0.3) is 0 Å². The van der Waals surface area contributed by atoms with Crippen molar-refractivity contribution in [3.63, 3.8) is 0 Å². The van der Waals surface area contributed by atoms with Crippen molar-refractivity contribution in [2.75, 3.05) is 78.9 Å². The zero-order valence-corrected chi connectivity index (χ0v) is 19.0. The van der Waals surface area contributed by atoms with Gasteiger partial charge in [0.2, 0.25) is 0 Å². The van der Waals surface area contributed by atoms with Crippen LogP contribution in [0.3, 0.4) is 0 Å². The number of guanidine groups is 1. The number of aliphatic imine (C=N–C) groups is 1. The first-order chi connectivity index (χ1) is 12.4. The lowest BCUT2D eigenvalue weighted by molar-refractivity contribution is 0.0377. The fourth-order valence-electron chi connectivity index (χ4n) is 2.46. The highest BCUT2D eigenvalue weighted by Gasteiger charge is 2.08. The summed E-state index contributed by atoms with van der Waals surface area (Å²) >= 11 is 0. The van der Waals surface area contributed by atoms with Gasteiger partial charge < -0.3 is 24.8 Å². The molecule has 1 saturated heterocycles. The maximum Gasteiger partial charge on any atom is 0.191 e. The number of ether oxygens (including phenoxy) is 3. The van der Waals surface area contributed by atoms with E-state index in [2.05, 4.69) is 34.4 Å². The summed E-state index contributed by atoms with van der Waals surface area (Å²) in [6, 6.07) is 0. The molecule has 1 rings (SSSR count). The molecule has 1 aliphatic heterocycles. The zero-order chi connectivity index (χ0) is 18.0. The number of unbranched alkanes of at least 4 members (excludes halogenated alkanes) is 1. The molecule has 1 aliphatic rings. The average molecular weight is 486 g/mol. The van der Waals surface area contributed by atoms with E-state index in [-0.39, 0.29) is 24.0 Å². The van der Waals surface area contributed by atoms with Crippen LogP contribution in [0.5, 0.6) is 0 Å². The third-order valence-electron chi connectivity index (χ3n) is 3.90. The van der Waals surface area contributed by atoms with E-state index in [0.717, 1.165) is 77.9 Å². The van der Waals surface area contributed by atoms with E-state index < -0.39 is 0 Å². The summed E-state index contributed by atoms with van der Waals surface area (Å²) in [7, 11) is 0. The summed E-state index contributed by atoms with van der Waals surface area (Å²) in [6.45, 7) is 14.4. The Kier molecular flexibility index (Phi) is 19.5. The summed E-state index contributed by atoms with van der Waals surface area (Å²) in [6.07, 6.45) is 3.36. The molecule has 1 heterocycles. The van der Waals surface area contributed by atoms with Crippen LogP contribution in [0, 0.1) is 0 Å². The van der Waals surface area contributed by atoms with E-state index in [4.69, 9.17) is 14.2 Å². The van der Waals surface area contributed by atoms with Gasteiger partial charge in [-0.15, -0.1) is 24.0 Å². The quantitative estimate of drug-likeness (QED) is 0.169. The van der Waals surface area contributed by atoms with Gasteiger partial charge in [-0.2, -0.15) is 0 Å². The summed E-state index contributed by atoms with van der Waals surface area (Å²) in [5.74, 6) is 0.868. The highest BCUT2D eigenvalue weighted by molar-refractivity contribution is 14.0. The molecule has 0 aromatic rings. The standard InChI is InChI=1S/C18H38N4O3.HI/c1-3-5-12-23-16-17-24-13-8-21-18(19-4-2)20-7-6-9-22-10-14-25-15-11-22;/h3-17H2,1-2H3,(H2,19,20,21);1H. The van der Waals surface area contributed by atoms with Crippen LogP contribution in [-0.4, -0.2) is 89.8 Å². The Labute approximate surface area is 176 Å². The lowest BCUT2D eigenvalue weighted by atomic mass is 10.3. The SMILES string of the molecule is CCCCOCCOCCNC(=NCCCN1CCOCC1)NCC.I. The molecule has 0 radical (unpaired) electrons. The lowest BCUT2D eigenvalue weighted by Gasteiger charge is -2.26. The number of nitrogens with one attached hydrogen (secondary N) is 2. The molecule has 26 heavy (non-hydrogen) atoms. The summed E-state index contributed by atoms with van der Waals surface area (Å²) in [5.41, 5.74) is 0. The second-order valence-corrected chi connectivity index (χ2v) is 6.07. The Bertz CT molecular complexity index is 330. The lowest BCUT2D eigenvalue weighted by Crippen LogP contribution is -2.39. The van der Waals surface area contributed by atoms with Crippen molar-refractivity contribution in [1.82, 2.24) is 15.5 Å². The summed E-state index contributed by atoms with van der Waals surface area (Å²) < 4.78 is 16.4. The van der Waals surface area contributed by atoms with E-state index in [0.29, 0.717) is 19.8 Å². The number of nitrogens with zero attached hydrogens (tertiary/aromatic N) is 2. The monoisotopic (exact) mass is 486 g/mol. The number of rotatable bonds is 14. The van der Waals surface area contributed by atoms with E-state index in [1.807, 2.05) is 0 Å². The number of morpholine rings is 1. The molecule has 156 valence electrons. The highest BCUT2D eigenvalue weighted by atomic mass is 127. The molecule has 8 heteroatoms. The molecule has 7 nitrogen and oxygen atoms in total. The smallest absolute Gasteiger partial charge is 0.191 e. The van der Waals surface area contributed by atoms with Crippen LogP contribution in [0.1, 0.15) is 33.1 Å². The molecule has 0 amide bonds. The number of hydrogen-bond donors (Lipinski definition) is 2. The van der Waals surface area contributed by atoms with Crippen molar-refractivity contribution >= 4 is 29.9 Å². The van der Waals surface area contributed by atoms with Crippen molar-refractivity contribution in [2.24, 2.45) is 4.99 Å². The first-order valence-electron chi connectivity index (χ1n) is 9.84. The van der Waals surface area contributed by atoms with Gasteiger partial charge in [0.15, 0.2) is 5.96 Å². The molecular weight excluding hydrogens is 447 g/mol. The largest absolute Gasteiger partial charge is 0.379 e. The van der Waals surface area contributed by atoms with Gasteiger partial charge in [-0.3, -0.25) is 9.89 Å². The topological polar surface area (TPSA) is 67.4 Å². The van der Waals surface area contributed by atoms with E-state index >= 15 is 0 Å². The highest BCUT2D eigenvalue weighted by Crippen LogP contribution is 1.98. The minimum Gasteiger partial charge on any atom is -0.379 e. The fraction of sp³-hybridized carbons (Fsp3) is 0.944. The third-order valence-corrected chi connectivity index (χ3v) is 3.90. The fourth-order valence-corrected chi connectivity index (χ4v) is 2.46. The molecule has 2 N–H and O–H groups in total. The maximum atomic E-state index is 5.56. The van der Waals surface area contributed by atoms with Gasteiger partial charge >= 0.3 is 0 Å². The van der Waals surface area contributed by atoms with Gasteiger partial charge in [0, 0.05) is 45.9 Å². The Morgan fingerprint density at radius 3 is 2.42 bits per heavy atom. The second kappa shape index (κ2) is 19.6. The Morgan fingerprint density at radius 2 is 1.73 bits per heavy atom. The van der Waals surface area contributed by atoms with Gasteiger partial charge in [-0.25, -0.2) is 0 Å². The predicted octanol–water partition coefficient (Wildman–Crippen LogP) is 1.72. The van der Waals surface area contributed by atoms with Crippen molar-refractivity contribution in [2.45, 2.75) is 33.1 Å². The molecule has 0 aromatic heterocycles. The van der Waals surface area contributed by atoms with Crippen LogP contribution < -0.4 is 10.6 Å². The van der Waals surface area contributed by atoms with E-state index in [9.17, 15) is 0 Å². The average Bonchev–Trinajstić information content (AvgIpc) is 2.64. The van der Waals surface area contributed by atoms with Crippen LogP contribution >= 0.6 is 24.0 Å². The third kappa shape index (κ3) is 15.0. The molecule has 0 unspecified atom stereocenters. The summed E-state index contributed by atoms with van der Waals surface area (Å²) in [4.78, 5) is 7.06. The van der Waals surface area contributed by atoms with Crippen LogP contribution in [-0.2, 0) is 14.2 Å². The van der Waals surface area contributed by atoms with Crippen LogP contribution in [0.15, 0.2) is 4.99 Å². The molecule has 0 aromatic carbocycles. The van der Waals surface area contributed by atoms with Crippen molar-refractivity contribution in [3.05, 3.63) is 0 Å². The number of hydrogen-bond acceptors (Lipinski definition) is 5. The Hall–Kier alpha value is -0.160. The molecule has 0 aliphatic carbocycles. The zero-order valence-electron chi connectivity index (χ0n) is 16.6. The maximum absolute atomic E-state index is 5.56. The summed E-state index contributed by atoms with van der Waals surface area (Å²) in [5, 5.41) is 6.58. The molecular formula is C18H39IN4O3. The molecule has 0 atom stereocenters. The van der Waals surface area contributed by atoms with Crippen molar-refractivity contribution in [1.29, 1.82) is 0 Å². The van der Waals surface area contributed by atoms with Gasteiger partial charge in [0.25, 0.3) is 0 Å². The number of halogens is 1. The van der Waals surface area contributed by atoms with E-state index in [1.54, 1.807) is 0 Å². The first kappa shape index (κ1) is 25.8. The normalized spacial score (nSPS) is 15.5. The van der Waals surface area contributed by atoms with Crippen LogP contribution in [0.4, 0.5) is 0 Å². The minimum atomic E-state index is 0. The minimum absolute atomic E-state index is 0. The predicted molar refractivity (Wildman–Crippen MR) is 118 cm³/mol. The van der Waals surface area contributed by atoms with Gasteiger partial charge in [0.1, 0.15) is 0 Å². The van der Waals surface area contributed by atoms with Gasteiger partial charge in [-0.1, -0.05) is 13.3 Å². The Balaban J connectivity index is 0.00000625.